The Morgan fingerprint density at radius 2 is 2.41 bits per heavy atom. The summed E-state index contributed by atoms with van der Waals surface area (Å²) in [7, 11) is 0. The van der Waals surface area contributed by atoms with E-state index in [1.807, 2.05) is 18.2 Å². The first-order chi connectivity index (χ1) is 8.29. The first-order valence-corrected chi connectivity index (χ1v) is 6.16. The fraction of sp³-hybridized carbons (Fsp3) is 0.333. The Morgan fingerprint density at radius 1 is 1.53 bits per heavy atom. The van der Waals surface area contributed by atoms with Crippen molar-refractivity contribution in [1.82, 2.24) is 4.98 Å². The molecule has 0 spiro atoms. The summed E-state index contributed by atoms with van der Waals surface area (Å²) >= 11 is 4.26. The van der Waals surface area contributed by atoms with Crippen molar-refractivity contribution in [2.45, 2.75) is 6.42 Å². The number of rotatable bonds is 2. The van der Waals surface area contributed by atoms with Gasteiger partial charge in [-0.25, -0.2) is 4.98 Å². The summed E-state index contributed by atoms with van der Waals surface area (Å²) in [5.74, 6) is 1.20. The van der Waals surface area contributed by atoms with Gasteiger partial charge in [0.1, 0.15) is 5.52 Å². The molecule has 88 valence electrons. The molecule has 3 rings (SSSR count). The van der Waals surface area contributed by atoms with Crippen LogP contribution in [0, 0.1) is 5.92 Å². The number of hydrogen-bond acceptors (Lipinski definition) is 4. The van der Waals surface area contributed by atoms with Crippen LogP contribution < -0.4 is 4.90 Å². The summed E-state index contributed by atoms with van der Waals surface area (Å²) in [6, 6.07) is 5.64. The molecule has 0 bridgehead atoms. The number of benzene rings is 1. The molecule has 1 aromatic carbocycles. The maximum Gasteiger partial charge on any atom is 0.227 e. The van der Waals surface area contributed by atoms with Gasteiger partial charge in [-0.15, -0.1) is 0 Å². The summed E-state index contributed by atoms with van der Waals surface area (Å²) in [6.45, 7) is 0.717. The summed E-state index contributed by atoms with van der Waals surface area (Å²) in [5.41, 5.74) is 2.30. The van der Waals surface area contributed by atoms with E-state index in [0.717, 1.165) is 17.0 Å². The Kier molecular flexibility index (Phi) is 2.55. The summed E-state index contributed by atoms with van der Waals surface area (Å²) in [5, 5.41) is 0. The minimum absolute atomic E-state index is 0.138. The second kappa shape index (κ2) is 4.07. The van der Waals surface area contributed by atoms with Crippen LogP contribution in [0.15, 0.2) is 29.0 Å². The Hall–Kier alpha value is -1.49. The van der Waals surface area contributed by atoms with E-state index in [1.54, 1.807) is 4.90 Å². The molecule has 1 aliphatic rings. The van der Waals surface area contributed by atoms with Gasteiger partial charge in [0, 0.05) is 13.0 Å². The quantitative estimate of drug-likeness (QED) is 0.828. The smallest absolute Gasteiger partial charge is 0.227 e. The highest BCUT2D eigenvalue weighted by molar-refractivity contribution is 7.80. The van der Waals surface area contributed by atoms with E-state index in [9.17, 15) is 4.79 Å². The van der Waals surface area contributed by atoms with Gasteiger partial charge in [-0.05, 0) is 23.8 Å². The summed E-state index contributed by atoms with van der Waals surface area (Å²) in [4.78, 5) is 17.9. The van der Waals surface area contributed by atoms with Crippen LogP contribution in [0.1, 0.15) is 6.42 Å². The first kappa shape index (κ1) is 10.7. The van der Waals surface area contributed by atoms with Crippen molar-refractivity contribution >= 4 is 35.3 Å². The lowest BCUT2D eigenvalue weighted by atomic mass is 10.1. The zero-order chi connectivity index (χ0) is 11.8. The zero-order valence-corrected chi connectivity index (χ0v) is 10.1. The number of carbonyl (C=O) groups is 1. The molecule has 0 saturated carbocycles. The third-order valence-corrected chi connectivity index (χ3v) is 3.61. The standard InChI is InChI=1S/C12H12N2O2S/c15-11-4-8(6-17)5-14(11)9-2-1-3-10-12(9)13-7-16-10/h1-3,7-8,17H,4-6H2. The first-order valence-electron chi connectivity index (χ1n) is 5.53. The molecule has 1 atom stereocenters. The van der Waals surface area contributed by atoms with Crippen LogP contribution in [0.2, 0.25) is 0 Å². The van der Waals surface area contributed by atoms with E-state index in [-0.39, 0.29) is 5.91 Å². The van der Waals surface area contributed by atoms with E-state index >= 15 is 0 Å². The molecular weight excluding hydrogens is 236 g/mol. The Labute approximate surface area is 104 Å². The number of nitrogens with zero attached hydrogens (tertiary/aromatic N) is 2. The van der Waals surface area contributed by atoms with Crippen LogP contribution in [0.3, 0.4) is 0 Å². The number of carbonyl (C=O) groups excluding carboxylic acids is 1. The van der Waals surface area contributed by atoms with Crippen molar-refractivity contribution in [1.29, 1.82) is 0 Å². The lowest BCUT2D eigenvalue weighted by molar-refractivity contribution is -0.117. The third-order valence-electron chi connectivity index (χ3n) is 3.09. The van der Waals surface area contributed by atoms with Gasteiger partial charge in [0.15, 0.2) is 12.0 Å². The highest BCUT2D eigenvalue weighted by Gasteiger charge is 2.31. The molecule has 0 N–H and O–H groups in total. The molecule has 1 fully saturated rings. The maximum atomic E-state index is 11.9. The lowest BCUT2D eigenvalue weighted by Crippen LogP contribution is -2.24. The van der Waals surface area contributed by atoms with Crippen molar-refractivity contribution in [2.24, 2.45) is 5.92 Å². The van der Waals surface area contributed by atoms with E-state index in [2.05, 4.69) is 17.6 Å². The number of thiol groups is 1. The molecule has 1 unspecified atom stereocenters. The van der Waals surface area contributed by atoms with Gasteiger partial charge in [0.25, 0.3) is 0 Å². The average molecular weight is 248 g/mol. The third kappa shape index (κ3) is 1.70. The number of para-hydroxylation sites is 1. The SMILES string of the molecule is O=C1CC(CS)CN1c1cccc2ocnc12. The van der Waals surface area contributed by atoms with Gasteiger partial charge < -0.3 is 9.32 Å². The molecule has 17 heavy (non-hydrogen) atoms. The minimum atomic E-state index is 0.138. The van der Waals surface area contributed by atoms with Crippen molar-refractivity contribution < 1.29 is 9.21 Å². The number of oxazole rings is 1. The van der Waals surface area contributed by atoms with Gasteiger partial charge in [-0.2, -0.15) is 12.6 Å². The van der Waals surface area contributed by atoms with Gasteiger partial charge >= 0.3 is 0 Å². The van der Waals surface area contributed by atoms with Crippen LogP contribution >= 0.6 is 12.6 Å². The van der Waals surface area contributed by atoms with E-state index < -0.39 is 0 Å². The number of aromatic nitrogens is 1. The largest absolute Gasteiger partial charge is 0.443 e. The Bertz CT molecular complexity index is 566. The highest BCUT2D eigenvalue weighted by atomic mass is 32.1. The molecule has 1 saturated heterocycles. The molecule has 4 nitrogen and oxygen atoms in total. The van der Waals surface area contributed by atoms with Gasteiger partial charge in [-0.3, -0.25) is 4.79 Å². The van der Waals surface area contributed by atoms with Crippen molar-refractivity contribution in [3.63, 3.8) is 0 Å². The molecule has 0 radical (unpaired) electrons. The molecular formula is C12H12N2O2S. The van der Waals surface area contributed by atoms with Crippen LogP contribution in [-0.4, -0.2) is 23.2 Å². The monoisotopic (exact) mass is 248 g/mol. The molecule has 5 heteroatoms. The topological polar surface area (TPSA) is 46.3 Å². The van der Waals surface area contributed by atoms with Crippen molar-refractivity contribution in [3.8, 4) is 0 Å². The predicted molar refractivity (Wildman–Crippen MR) is 68.3 cm³/mol. The van der Waals surface area contributed by atoms with E-state index in [4.69, 9.17) is 4.42 Å². The maximum absolute atomic E-state index is 11.9. The molecule has 0 aliphatic carbocycles. The summed E-state index contributed by atoms with van der Waals surface area (Å²) < 4.78 is 5.24. The van der Waals surface area contributed by atoms with Crippen LogP contribution in [0.5, 0.6) is 0 Å². The van der Waals surface area contributed by atoms with E-state index in [1.165, 1.54) is 6.39 Å². The molecule has 1 aliphatic heterocycles. The molecule has 2 heterocycles. The van der Waals surface area contributed by atoms with Crippen LogP contribution in [-0.2, 0) is 4.79 Å². The van der Waals surface area contributed by atoms with Gasteiger partial charge in [-0.1, -0.05) is 6.07 Å². The molecule has 1 amide bonds. The van der Waals surface area contributed by atoms with Gasteiger partial charge in [0.2, 0.25) is 5.91 Å². The number of fused-ring (bicyclic) bond motifs is 1. The number of anilines is 1. The van der Waals surface area contributed by atoms with Crippen molar-refractivity contribution in [2.75, 3.05) is 17.2 Å². The fourth-order valence-electron chi connectivity index (χ4n) is 2.23. The van der Waals surface area contributed by atoms with Crippen molar-refractivity contribution in [3.05, 3.63) is 24.6 Å². The second-order valence-corrected chi connectivity index (χ2v) is 4.60. The predicted octanol–water partition coefficient (Wildman–Crippen LogP) is 2.11. The summed E-state index contributed by atoms with van der Waals surface area (Å²) in [6.07, 6.45) is 1.97. The molecule has 1 aromatic heterocycles. The van der Waals surface area contributed by atoms with Gasteiger partial charge in [0.05, 0.1) is 5.69 Å². The normalized spacial score (nSPS) is 20.4. The average Bonchev–Trinajstić information content (AvgIpc) is 2.94. The molecule has 2 aromatic rings. The lowest BCUT2D eigenvalue weighted by Gasteiger charge is -2.16. The van der Waals surface area contributed by atoms with E-state index in [0.29, 0.717) is 24.5 Å². The number of hydrogen-bond donors (Lipinski definition) is 1. The minimum Gasteiger partial charge on any atom is -0.443 e. The van der Waals surface area contributed by atoms with Crippen LogP contribution in [0.4, 0.5) is 5.69 Å². The zero-order valence-electron chi connectivity index (χ0n) is 9.17. The Balaban J connectivity index is 2.04. The number of amides is 1. The van der Waals surface area contributed by atoms with Crippen LogP contribution in [0.25, 0.3) is 11.1 Å². The Morgan fingerprint density at radius 3 is 3.18 bits per heavy atom. The highest BCUT2D eigenvalue weighted by Crippen LogP contribution is 2.30. The fourth-order valence-corrected chi connectivity index (χ4v) is 2.47. The second-order valence-electron chi connectivity index (χ2n) is 4.23.